The molecule has 0 aliphatic rings. The van der Waals surface area contributed by atoms with Crippen LogP contribution in [0.1, 0.15) is 31.0 Å². The summed E-state index contributed by atoms with van der Waals surface area (Å²) in [5, 5.41) is 10.5. The summed E-state index contributed by atoms with van der Waals surface area (Å²) in [5.41, 5.74) is 1.93. The lowest BCUT2D eigenvalue weighted by atomic mass is 10.1. The molecule has 2 aromatic heterocycles. The molecule has 90 valence electrons. The summed E-state index contributed by atoms with van der Waals surface area (Å²) in [7, 11) is 0. The van der Waals surface area contributed by atoms with Crippen LogP contribution in [0.5, 0.6) is 0 Å². The topological polar surface area (TPSA) is 66.5 Å². The van der Waals surface area contributed by atoms with Crippen LogP contribution in [0.3, 0.4) is 0 Å². The molecule has 2 N–H and O–H groups in total. The molecule has 0 saturated carbocycles. The summed E-state index contributed by atoms with van der Waals surface area (Å²) in [4.78, 5) is 8.22. The maximum absolute atomic E-state index is 6.07. The first-order valence-corrected chi connectivity index (χ1v) is 5.78. The number of hydrogen-bond acceptors (Lipinski definition) is 4. The minimum atomic E-state index is 0.271. The summed E-state index contributed by atoms with van der Waals surface area (Å²) >= 11 is 6.07. The van der Waals surface area contributed by atoms with Gasteiger partial charge in [0.25, 0.3) is 0 Å². The highest BCUT2D eigenvalue weighted by Gasteiger charge is 2.13. The number of hydrogen-bond donors (Lipinski definition) is 2. The maximum Gasteiger partial charge on any atom is 0.138 e. The SMILES string of the molecule is CC(C)c1c(Cl)ncnc1NCc1ccn[nH]1. The van der Waals surface area contributed by atoms with Gasteiger partial charge in [0.15, 0.2) is 0 Å². The molecule has 2 aromatic rings. The predicted octanol–water partition coefficient (Wildman–Crippen LogP) is 2.59. The zero-order chi connectivity index (χ0) is 12.3. The Labute approximate surface area is 105 Å². The van der Waals surface area contributed by atoms with Gasteiger partial charge in [0.1, 0.15) is 17.3 Å². The van der Waals surface area contributed by atoms with E-state index in [1.165, 1.54) is 6.33 Å². The molecule has 0 spiro atoms. The van der Waals surface area contributed by atoms with Crippen molar-refractivity contribution in [3.63, 3.8) is 0 Å². The van der Waals surface area contributed by atoms with Crippen molar-refractivity contribution in [3.8, 4) is 0 Å². The number of halogens is 1. The number of anilines is 1. The largest absolute Gasteiger partial charge is 0.364 e. The van der Waals surface area contributed by atoms with Crippen LogP contribution in [0, 0.1) is 0 Å². The van der Waals surface area contributed by atoms with Gasteiger partial charge in [-0.05, 0) is 12.0 Å². The van der Waals surface area contributed by atoms with E-state index in [-0.39, 0.29) is 5.92 Å². The van der Waals surface area contributed by atoms with Gasteiger partial charge in [-0.2, -0.15) is 5.10 Å². The van der Waals surface area contributed by atoms with Gasteiger partial charge in [-0.3, -0.25) is 5.10 Å². The van der Waals surface area contributed by atoms with E-state index in [9.17, 15) is 0 Å². The monoisotopic (exact) mass is 251 g/mol. The number of nitrogens with zero attached hydrogens (tertiary/aromatic N) is 3. The lowest BCUT2D eigenvalue weighted by Crippen LogP contribution is -2.07. The van der Waals surface area contributed by atoms with Gasteiger partial charge in [-0.25, -0.2) is 9.97 Å². The van der Waals surface area contributed by atoms with Gasteiger partial charge < -0.3 is 5.32 Å². The average Bonchev–Trinajstić information content (AvgIpc) is 2.78. The van der Waals surface area contributed by atoms with E-state index in [0.717, 1.165) is 17.1 Å². The molecule has 6 heteroatoms. The zero-order valence-electron chi connectivity index (χ0n) is 9.74. The van der Waals surface area contributed by atoms with Crippen LogP contribution >= 0.6 is 11.6 Å². The highest BCUT2D eigenvalue weighted by atomic mass is 35.5. The van der Waals surface area contributed by atoms with E-state index in [2.05, 4.69) is 39.3 Å². The molecule has 0 radical (unpaired) electrons. The molecular formula is C11H14ClN5. The van der Waals surface area contributed by atoms with Crippen LogP contribution < -0.4 is 5.32 Å². The maximum atomic E-state index is 6.07. The quantitative estimate of drug-likeness (QED) is 0.820. The number of aromatic amines is 1. The number of nitrogens with one attached hydrogen (secondary N) is 2. The molecule has 0 bridgehead atoms. The van der Waals surface area contributed by atoms with Gasteiger partial charge in [-0.15, -0.1) is 0 Å². The summed E-state index contributed by atoms with van der Waals surface area (Å²) in [6.45, 7) is 4.75. The molecule has 0 saturated heterocycles. The predicted molar refractivity (Wildman–Crippen MR) is 67.0 cm³/mol. The van der Waals surface area contributed by atoms with Crippen molar-refractivity contribution in [2.24, 2.45) is 0 Å². The second-order valence-corrected chi connectivity index (χ2v) is 4.37. The lowest BCUT2D eigenvalue weighted by Gasteiger charge is -2.13. The van der Waals surface area contributed by atoms with E-state index in [1.54, 1.807) is 6.20 Å². The van der Waals surface area contributed by atoms with Gasteiger partial charge in [-0.1, -0.05) is 25.4 Å². The molecular weight excluding hydrogens is 238 g/mol. The molecule has 0 aliphatic heterocycles. The molecule has 0 amide bonds. The first-order chi connectivity index (χ1) is 8.18. The van der Waals surface area contributed by atoms with Crippen LogP contribution in [0.15, 0.2) is 18.6 Å². The Bertz CT molecular complexity index is 481. The Morgan fingerprint density at radius 1 is 1.41 bits per heavy atom. The van der Waals surface area contributed by atoms with E-state index in [1.807, 2.05) is 6.07 Å². The van der Waals surface area contributed by atoms with Crippen molar-refractivity contribution >= 4 is 17.4 Å². The van der Waals surface area contributed by atoms with Crippen LogP contribution in [0.4, 0.5) is 5.82 Å². The highest BCUT2D eigenvalue weighted by Crippen LogP contribution is 2.27. The van der Waals surface area contributed by atoms with Crippen LogP contribution in [0.25, 0.3) is 0 Å². The van der Waals surface area contributed by atoms with Crippen LogP contribution in [-0.2, 0) is 6.54 Å². The molecule has 2 rings (SSSR count). The third kappa shape index (κ3) is 2.74. The van der Waals surface area contributed by atoms with E-state index in [0.29, 0.717) is 11.7 Å². The third-order valence-corrected chi connectivity index (χ3v) is 2.72. The highest BCUT2D eigenvalue weighted by molar-refractivity contribution is 6.30. The fraction of sp³-hybridized carbons (Fsp3) is 0.364. The molecule has 0 fully saturated rings. The Kier molecular flexibility index (Phi) is 3.58. The summed E-state index contributed by atoms with van der Waals surface area (Å²) in [6, 6.07) is 1.91. The zero-order valence-corrected chi connectivity index (χ0v) is 10.5. The minimum absolute atomic E-state index is 0.271. The van der Waals surface area contributed by atoms with Gasteiger partial charge in [0.2, 0.25) is 0 Å². The van der Waals surface area contributed by atoms with Crippen molar-refractivity contribution in [2.45, 2.75) is 26.3 Å². The Morgan fingerprint density at radius 3 is 2.88 bits per heavy atom. The number of rotatable bonds is 4. The molecule has 0 aromatic carbocycles. The normalized spacial score (nSPS) is 10.8. The van der Waals surface area contributed by atoms with E-state index in [4.69, 9.17) is 11.6 Å². The first-order valence-electron chi connectivity index (χ1n) is 5.41. The fourth-order valence-corrected chi connectivity index (χ4v) is 1.94. The van der Waals surface area contributed by atoms with Crippen LogP contribution in [0.2, 0.25) is 5.15 Å². The molecule has 0 aliphatic carbocycles. The minimum Gasteiger partial charge on any atom is -0.364 e. The fourth-order valence-electron chi connectivity index (χ4n) is 1.59. The third-order valence-electron chi connectivity index (χ3n) is 2.42. The Balaban J connectivity index is 2.18. The van der Waals surface area contributed by atoms with Gasteiger partial charge >= 0.3 is 0 Å². The Morgan fingerprint density at radius 2 is 2.24 bits per heavy atom. The van der Waals surface area contributed by atoms with Gasteiger partial charge in [0.05, 0.1) is 12.2 Å². The molecule has 0 unspecified atom stereocenters. The number of H-pyrrole nitrogens is 1. The lowest BCUT2D eigenvalue weighted by molar-refractivity contribution is 0.842. The van der Waals surface area contributed by atoms with Gasteiger partial charge in [0, 0.05) is 11.8 Å². The summed E-state index contributed by atoms with van der Waals surface area (Å²) < 4.78 is 0. The molecule has 0 atom stereocenters. The molecule has 17 heavy (non-hydrogen) atoms. The second-order valence-electron chi connectivity index (χ2n) is 4.02. The van der Waals surface area contributed by atoms with Crippen molar-refractivity contribution in [3.05, 3.63) is 35.0 Å². The molecule has 2 heterocycles. The summed E-state index contributed by atoms with van der Waals surface area (Å²) in [5.74, 6) is 1.04. The Hall–Kier alpha value is -1.62. The smallest absolute Gasteiger partial charge is 0.138 e. The van der Waals surface area contributed by atoms with Crippen molar-refractivity contribution in [2.75, 3.05) is 5.32 Å². The standard InChI is InChI=1S/C11H14ClN5/c1-7(2)9-10(12)14-6-15-11(9)13-5-8-3-4-16-17-8/h3-4,6-7H,5H2,1-2H3,(H,16,17)(H,13,14,15). The van der Waals surface area contributed by atoms with Crippen molar-refractivity contribution in [1.82, 2.24) is 20.2 Å². The summed E-state index contributed by atoms with van der Waals surface area (Å²) in [6.07, 6.45) is 3.18. The van der Waals surface area contributed by atoms with Crippen LogP contribution in [-0.4, -0.2) is 20.2 Å². The average molecular weight is 252 g/mol. The van der Waals surface area contributed by atoms with Crippen molar-refractivity contribution < 1.29 is 0 Å². The van der Waals surface area contributed by atoms with Crippen molar-refractivity contribution in [1.29, 1.82) is 0 Å². The number of aromatic nitrogens is 4. The second kappa shape index (κ2) is 5.14. The molecule has 5 nitrogen and oxygen atoms in total. The first kappa shape index (κ1) is 11.9. The van der Waals surface area contributed by atoms with E-state index >= 15 is 0 Å². The van der Waals surface area contributed by atoms with E-state index < -0.39 is 0 Å².